The maximum atomic E-state index is 9.37. The predicted octanol–water partition coefficient (Wildman–Crippen LogP) is 3.75. The van der Waals surface area contributed by atoms with Gasteiger partial charge in [0.1, 0.15) is 5.82 Å². The highest BCUT2D eigenvalue weighted by Crippen LogP contribution is 2.36. The van der Waals surface area contributed by atoms with Crippen LogP contribution >= 0.6 is 0 Å². The van der Waals surface area contributed by atoms with Gasteiger partial charge < -0.3 is 11.1 Å². The number of nitriles is 1. The van der Waals surface area contributed by atoms with Crippen molar-refractivity contribution in [1.29, 1.82) is 5.26 Å². The number of nitrogens with two attached hydrogens (primary N) is 1. The molecule has 9 nitrogen and oxygen atoms in total. The second-order valence-electron chi connectivity index (χ2n) is 7.09. The third kappa shape index (κ3) is 3.36. The van der Waals surface area contributed by atoms with E-state index in [2.05, 4.69) is 31.4 Å². The monoisotopic (exact) mass is 419 g/mol. The highest BCUT2D eigenvalue weighted by Gasteiger charge is 2.21. The number of anilines is 3. The molecule has 0 spiro atoms. The van der Waals surface area contributed by atoms with Gasteiger partial charge in [-0.3, -0.25) is 4.98 Å². The summed E-state index contributed by atoms with van der Waals surface area (Å²) in [6.07, 6.45) is 5.18. The highest BCUT2D eigenvalue weighted by atomic mass is 15.4. The van der Waals surface area contributed by atoms with Gasteiger partial charge in [-0.1, -0.05) is 18.2 Å². The van der Waals surface area contributed by atoms with Gasteiger partial charge in [0.15, 0.2) is 5.65 Å². The van der Waals surface area contributed by atoms with Gasteiger partial charge in [-0.15, -0.1) is 5.10 Å². The minimum atomic E-state index is 0.175. The normalized spacial score (nSPS) is 10.8. The first-order chi connectivity index (χ1) is 15.6. The molecule has 0 amide bonds. The number of rotatable bonds is 4. The predicted molar refractivity (Wildman–Crippen MR) is 121 cm³/mol. The summed E-state index contributed by atoms with van der Waals surface area (Å²) in [7, 11) is 0. The molecule has 0 unspecified atom stereocenters. The Kier molecular flexibility index (Phi) is 4.65. The summed E-state index contributed by atoms with van der Waals surface area (Å²) in [5, 5.41) is 17.0. The number of aromatic nitrogens is 6. The maximum Gasteiger partial charge on any atom is 0.248 e. The molecule has 0 bridgehead atoms. The average Bonchev–Trinajstić information content (AvgIpc) is 3.24. The van der Waals surface area contributed by atoms with Crippen LogP contribution in [0.2, 0.25) is 0 Å². The molecule has 3 N–H and O–H groups in total. The fourth-order valence-corrected chi connectivity index (χ4v) is 3.51. The fraction of sp³-hybridized carbons (Fsp3) is 0.0435. The molecule has 0 saturated heterocycles. The SMILES string of the molecule is Cc1cnccc1-c1c(-c2cccc(C#N)c2)nc(N)n2nc(Nc3ccccn3)nc12. The van der Waals surface area contributed by atoms with E-state index in [1.54, 1.807) is 30.7 Å². The van der Waals surface area contributed by atoms with Gasteiger partial charge in [0.2, 0.25) is 11.9 Å². The van der Waals surface area contributed by atoms with Crippen LogP contribution < -0.4 is 11.1 Å². The van der Waals surface area contributed by atoms with Crippen LogP contribution in [0.1, 0.15) is 11.1 Å². The van der Waals surface area contributed by atoms with Crippen LogP contribution in [0.4, 0.5) is 17.7 Å². The molecule has 154 valence electrons. The van der Waals surface area contributed by atoms with Crippen molar-refractivity contribution in [2.45, 2.75) is 6.92 Å². The molecule has 0 saturated carbocycles. The maximum absolute atomic E-state index is 9.37. The number of nitrogens with zero attached hydrogens (tertiary/aromatic N) is 7. The molecule has 0 aliphatic heterocycles. The molecule has 0 aliphatic carbocycles. The van der Waals surface area contributed by atoms with E-state index in [-0.39, 0.29) is 5.95 Å². The third-order valence-corrected chi connectivity index (χ3v) is 4.97. The Morgan fingerprint density at radius 3 is 2.75 bits per heavy atom. The first kappa shape index (κ1) is 19.1. The van der Waals surface area contributed by atoms with Gasteiger partial charge in [-0.2, -0.15) is 14.8 Å². The van der Waals surface area contributed by atoms with Gasteiger partial charge in [0, 0.05) is 24.2 Å². The van der Waals surface area contributed by atoms with Crippen molar-refractivity contribution < 1.29 is 0 Å². The van der Waals surface area contributed by atoms with Gasteiger partial charge >= 0.3 is 0 Å². The number of fused-ring (bicyclic) bond motifs is 1. The van der Waals surface area contributed by atoms with Crippen LogP contribution in [0.15, 0.2) is 67.1 Å². The van der Waals surface area contributed by atoms with Crippen LogP contribution in [-0.2, 0) is 0 Å². The lowest BCUT2D eigenvalue weighted by molar-refractivity contribution is 0.944. The van der Waals surface area contributed by atoms with Crippen molar-refractivity contribution in [1.82, 2.24) is 29.5 Å². The van der Waals surface area contributed by atoms with Gasteiger partial charge in [-0.05, 0) is 48.4 Å². The Hall–Kier alpha value is -4.84. The summed E-state index contributed by atoms with van der Waals surface area (Å²) in [5.41, 5.74) is 11.3. The van der Waals surface area contributed by atoms with Crippen molar-refractivity contribution in [2.75, 3.05) is 11.1 Å². The Balaban J connectivity index is 1.79. The van der Waals surface area contributed by atoms with E-state index >= 15 is 0 Å². The number of pyridine rings is 2. The molecule has 0 fully saturated rings. The molecule has 5 aromatic rings. The zero-order valence-electron chi connectivity index (χ0n) is 17.1. The summed E-state index contributed by atoms with van der Waals surface area (Å²) in [6.45, 7) is 1.97. The minimum absolute atomic E-state index is 0.175. The van der Waals surface area contributed by atoms with Crippen molar-refractivity contribution in [2.24, 2.45) is 0 Å². The first-order valence-electron chi connectivity index (χ1n) is 9.80. The van der Waals surface area contributed by atoms with Crippen molar-refractivity contribution >= 4 is 23.4 Å². The topological polar surface area (TPSA) is 131 Å². The summed E-state index contributed by atoms with van der Waals surface area (Å²) in [5.74, 6) is 1.13. The summed E-state index contributed by atoms with van der Waals surface area (Å²) in [4.78, 5) is 17.8. The first-order valence-corrected chi connectivity index (χ1v) is 9.80. The van der Waals surface area contributed by atoms with Crippen LogP contribution in [0.5, 0.6) is 0 Å². The standard InChI is InChI=1S/C23H17N9/c1-14-13-26-10-8-17(14)19-20(16-6-4-5-15(11-16)12-24)29-22(25)32-21(19)30-23(31-32)28-18-7-2-3-9-27-18/h2-11,13H,1H3,(H2,25,29)(H,27,28,31). The van der Waals surface area contributed by atoms with E-state index in [1.807, 2.05) is 43.3 Å². The Morgan fingerprint density at radius 1 is 1.06 bits per heavy atom. The fourth-order valence-electron chi connectivity index (χ4n) is 3.51. The lowest BCUT2D eigenvalue weighted by Gasteiger charge is -2.13. The smallest absolute Gasteiger partial charge is 0.248 e. The molecule has 0 atom stereocenters. The summed E-state index contributed by atoms with van der Waals surface area (Å²) in [6, 6.07) is 16.8. The largest absolute Gasteiger partial charge is 0.368 e. The van der Waals surface area contributed by atoms with Crippen molar-refractivity contribution in [3.63, 3.8) is 0 Å². The number of aryl methyl sites for hydroxylation is 1. The van der Waals surface area contributed by atoms with Crippen LogP contribution in [0, 0.1) is 18.3 Å². The number of nitrogens with one attached hydrogen (secondary N) is 1. The van der Waals surface area contributed by atoms with Crippen LogP contribution in [-0.4, -0.2) is 29.5 Å². The molecule has 1 aromatic carbocycles. The number of nitrogen functional groups attached to an aromatic ring is 1. The third-order valence-electron chi connectivity index (χ3n) is 4.97. The zero-order valence-corrected chi connectivity index (χ0v) is 17.1. The molecule has 5 rings (SSSR count). The Labute approximate surface area is 183 Å². The quantitative estimate of drug-likeness (QED) is 0.450. The lowest BCUT2D eigenvalue weighted by Crippen LogP contribution is -2.06. The van der Waals surface area contributed by atoms with Gasteiger partial charge in [0.25, 0.3) is 0 Å². The molecule has 4 aromatic heterocycles. The van der Waals surface area contributed by atoms with Crippen molar-refractivity contribution in [3.8, 4) is 28.5 Å². The van der Waals surface area contributed by atoms with Crippen LogP contribution in [0.25, 0.3) is 28.0 Å². The molecule has 9 heteroatoms. The molecular formula is C23H17N9. The second-order valence-corrected chi connectivity index (χ2v) is 7.09. The minimum Gasteiger partial charge on any atom is -0.368 e. The van der Waals surface area contributed by atoms with E-state index in [0.29, 0.717) is 28.7 Å². The highest BCUT2D eigenvalue weighted by molar-refractivity contribution is 5.92. The zero-order chi connectivity index (χ0) is 22.1. The number of hydrogen-bond donors (Lipinski definition) is 2. The second kappa shape index (κ2) is 7.77. The van der Waals surface area contributed by atoms with E-state index in [4.69, 9.17) is 10.7 Å². The van der Waals surface area contributed by atoms with Crippen molar-refractivity contribution in [3.05, 3.63) is 78.2 Å². The Morgan fingerprint density at radius 2 is 1.97 bits per heavy atom. The lowest BCUT2D eigenvalue weighted by atomic mass is 9.97. The number of hydrogen-bond acceptors (Lipinski definition) is 8. The van der Waals surface area contributed by atoms with E-state index < -0.39 is 0 Å². The average molecular weight is 419 g/mol. The van der Waals surface area contributed by atoms with E-state index in [9.17, 15) is 5.26 Å². The molecule has 4 heterocycles. The molecule has 0 radical (unpaired) electrons. The Bertz CT molecular complexity index is 1480. The van der Waals surface area contributed by atoms with Crippen LogP contribution in [0.3, 0.4) is 0 Å². The summed E-state index contributed by atoms with van der Waals surface area (Å²) >= 11 is 0. The molecule has 0 aliphatic rings. The van der Waals surface area contributed by atoms with E-state index in [0.717, 1.165) is 22.3 Å². The summed E-state index contributed by atoms with van der Waals surface area (Å²) < 4.78 is 1.50. The van der Waals surface area contributed by atoms with Gasteiger partial charge in [0.05, 0.1) is 22.9 Å². The van der Waals surface area contributed by atoms with Gasteiger partial charge in [-0.25, -0.2) is 9.97 Å². The molecular weight excluding hydrogens is 402 g/mol. The number of benzene rings is 1. The van der Waals surface area contributed by atoms with E-state index in [1.165, 1.54) is 4.52 Å². The molecule has 32 heavy (non-hydrogen) atoms.